The number of amides is 6. The van der Waals surface area contributed by atoms with E-state index in [4.69, 9.17) is 4.74 Å². The molecule has 4 rings (SSSR count). The predicted molar refractivity (Wildman–Crippen MR) is 197 cm³/mol. The number of allylic oxidation sites excluding steroid dienone is 3. The van der Waals surface area contributed by atoms with Crippen molar-refractivity contribution in [2.24, 2.45) is 0 Å². The van der Waals surface area contributed by atoms with E-state index in [0.29, 0.717) is 37.3 Å². The molecule has 3 N–H and O–H groups in total. The fourth-order valence-corrected chi connectivity index (χ4v) is 6.99. The maximum Gasteiger partial charge on any atom is 0.328 e. The van der Waals surface area contributed by atoms with Crippen LogP contribution in [0.5, 0.6) is 0 Å². The standard InChI is InChI=1S/C39H52F2N6O8/c1-22(2)10-7-11-23(3)16-33(48)43-29(19-26-17-27(40)20-28(41)18-26)35(50)44-30-21-55-39(54)32-13-9-15-47(32)36(51)24(4)42-34(49)25(5)45(6)38(53)31-12-8-14-46(31)37(30)52/h10,16-18,20,24-25,29-32H,7-9,11-15,19,21H2,1-6H3,(H,42,49)(H,43,48)(H,44,50)/b23-16+/t24-,25-,29-,30+,31-,32-/m0/s1. The van der Waals surface area contributed by atoms with Gasteiger partial charge >= 0.3 is 5.97 Å². The van der Waals surface area contributed by atoms with Crippen LogP contribution in [0.25, 0.3) is 0 Å². The third-order valence-corrected chi connectivity index (χ3v) is 10.1. The minimum Gasteiger partial charge on any atom is -0.461 e. The van der Waals surface area contributed by atoms with Crippen LogP contribution < -0.4 is 16.0 Å². The first kappa shape index (κ1) is 42.6. The molecule has 6 amide bonds. The first-order chi connectivity index (χ1) is 26.0. The number of hydrogen-bond donors (Lipinski definition) is 3. The number of nitrogens with zero attached hydrogens (tertiary/aromatic N) is 3. The van der Waals surface area contributed by atoms with Gasteiger partial charge in [0.05, 0.1) is 0 Å². The van der Waals surface area contributed by atoms with Gasteiger partial charge in [-0.05, 0) is 90.8 Å². The number of carbonyl (C=O) groups is 7. The van der Waals surface area contributed by atoms with Crippen molar-refractivity contribution in [2.75, 3.05) is 26.7 Å². The van der Waals surface area contributed by atoms with Crippen LogP contribution in [0.1, 0.15) is 78.7 Å². The van der Waals surface area contributed by atoms with Crippen LogP contribution in [0, 0.1) is 11.6 Å². The fraction of sp³-hybridized carbons (Fsp3) is 0.564. The summed E-state index contributed by atoms with van der Waals surface area (Å²) in [6, 6.07) is -4.41. The minimum absolute atomic E-state index is 0.0459. The number of likely N-dealkylation sites (N-methyl/N-ethyl adjacent to an activating group) is 1. The van der Waals surface area contributed by atoms with Crippen molar-refractivity contribution in [3.63, 3.8) is 0 Å². The zero-order chi connectivity index (χ0) is 40.6. The average molecular weight is 771 g/mol. The maximum absolute atomic E-state index is 14.3. The topological polar surface area (TPSA) is 175 Å². The Morgan fingerprint density at radius 1 is 0.927 bits per heavy atom. The highest BCUT2D eigenvalue weighted by molar-refractivity contribution is 5.98. The highest BCUT2D eigenvalue weighted by Gasteiger charge is 2.43. The van der Waals surface area contributed by atoms with Crippen molar-refractivity contribution in [3.05, 3.63) is 58.7 Å². The van der Waals surface area contributed by atoms with Gasteiger partial charge in [-0.3, -0.25) is 28.8 Å². The highest BCUT2D eigenvalue weighted by Crippen LogP contribution is 2.24. The number of nitrogens with one attached hydrogen (secondary N) is 3. The Kier molecular flexibility index (Phi) is 14.7. The van der Waals surface area contributed by atoms with Gasteiger partial charge in [0.15, 0.2) is 0 Å². The highest BCUT2D eigenvalue weighted by atomic mass is 19.1. The van der Waals surface area contributed by atoms with Gasteiger partial charge in [0.25, 0.3) is 0 Å². The Hall–Kier alpha value is -5.15. The van der Waals surface area contributed by atoms with Gasteiger partial charge in [-0.25, -0.2) is 13.6 Å². The molecule has 3 aliphatic rings. The quantitative estimate of drug-likeness (QED) is 0.195. The van der Waals surface area contributed by atoms with Crippen LogP contribution in [0.3, 0.4) is 0 Å². The molecule has 0 aliphatic carbocycles. The van der Waals surface area contributed by atoms with E-state index in [1.165, 1.54) is 41.7 Å². The second-order valence-electron chi connectivity index (χ2n) is 14.8. The molecule has 0 radical (unpaired) electrons. The molecule has 0 unspecified atom stereocenters. The molecule has 16 heteroatoms. The number of hydrogen-bond acceptors (Lipinski definition) is 8. The summed E-state index contributed by atoms with van der Waals surface area (Å²) in [5.74, 6) is -6.66. The van der Waals surface area contributed by atoms with E-state index < -0.39 is 95.9 Å². The molecule has 0 spiro atoms. The van der Waals surface area contributed by atoms with E-state index in [1.807, 2.05) is 19.9 Å². The first-order valence-corrected chi connectivity index (χ1v) is 18.7. The van der Waals surface area contributed by atoms with Crippen LogP contribution in [0.4, 0.5) is 8.78 Å². The van der Waals surface area contributed by atoms with Gasteiger partial charge < -0.3 is 35.4 Å². The summed E-state index contributed by atoms with van der Waals surface area (Å²) in [7, 11) is 1.42. The average Bonchev–Trinajstić information content (AvgIpc) is 3.81. The van der Waals surface area contributed by atoms with Gasteiger partial charge in [0.2, 0.25) is 35.4 Å². The Labute approximate surface area is 320 Å². The summed E-state index contributed by atoms with van der Waals surface area (Å²) in [4.78, 5) is 99.1. The zero-order valence-electron chi connectivity index (χ0n) is 32.3. The minimum atomic E-state index is -1.57. The number of halogens is 2. The lowest BCUT2D eigenvalue weighted by molar-refractivity contribution is -0.158. The van der Waals surface area contributed by atoms with Crippen LogP contribution in [-0.4, -0.2) is 119 Å². The molecule has 0 saturated carbocycles. The van der Waals surface area contributed by atoms with Gasteiger partial charge in [0.1, 0.15) is 54.5 Å². The fourth-order valence-electron chi connectivity index (χ4n) is 6.99. The van der Waals surface area contributed by atoms with Gasteiger partial charge in [0, 0.05) is 38.7 Å². The third kappa shape index (κ3) is 11.2. The molecule has 3 saturated heterocycles. The largest absolute Gasteiger partial charge is 0.461 e. The zero-order valence-corrected chi connectivity index (χ0v) is 32.3. The summed E-state index contributed by atoms with van der Waals surface area (Å²) in [6.07, 6.45) is 5.60. The summed E-state index contributed by atoms with van der Waals surface area (Å²) in [5, 5.41) is 7.78. The number of ether oxygens (including phenoxy) is 1. The van der Waals surface area contributed by atoms with Gasteiger partial charge in [-0.2, -0.15) is 0 Å². The predicted octanol–water partition coefficient (Wildman–Crippen LogP) is 2.06. The summed E-state index contributed by atoms with van der Waals surface area (Å²) < 4.78 is 34.0. The summed E-state index contributed by atoms with van der Waals surface area (Å²) in [6.45, 7) is 8.28. The van der Waals surface area contributed by atoms with Crippen LogP contribution in [-0.2, 0) is 44.7 Å². The first-order valence-electron chi connectivity index (χ1n) is 18.7. The molecule has 14 nitrogen and oxygen atoms in total. The molecule has 3 aliphatic heterocycles. The monoisotopic (exact) mass is 770 g/mol. The van der Waals surface area contributed by atoms with Gasteiger partial charge in [-0.15, -0.1) is 0 Å². The van der Waals surface area contributed by atoms with Crippen molar-refractivity contribution >= 4 is 41.4 Å². The maximum atomic E-state index is 14.3. The Morgan fingerprint density at radius 3 is 2.18 bits per heavy atom. The van der Waals surface area contributed by atoms with E-state index in [9.17, 15) is 42.3 Å². The van der Waals surface area contributed by atoms with E-state index in [-0.39, 0.29) is 37.9 Å². The van der Waals surface area contributed by atoms with E-state index >= 15 is 0 Å². The number of benzene rings is 1. The van der Waals surface area contributed by atoms with E-state index in [2.05, 4.69) is 16.0 Å². The Balaban J connectivity index is 1.67. The second-order valence-corrected chi connectivity index (χ2v) is 14.8. The Morgan fingerprint density at radius 2 is 1.55 bits per heavy atom. The van der Waals surface area contributed by atoms with Crippen molar-refractivity contribution in [3.8, 4) is 0 Å². The molecule has 300 valence electrons. The van der Waals surface area contributed by atoms with Crippen molar-refractivity contribution in [1.82, 2.24) is 30.7 Å². The SMILES string of the molecule is CC(C)=CCC/C(C)=C/C(=O)N[C@@H](Cc1cc(F)cc(F)c1)C(=O)N[C@@H]1COC(=O)[C@@H]2CCCN2C(=O)[C@H](C)NC(=O)[C@H](C)N(C)C(=O)[C@@H]2CCCN2C1=O. The Bertz CT molecular complexity index is 1710. The number of cyclic esters (lactones) is 1. The molecule has 55 heavy (non-hydrogen) atoms. The van der Waals surface area contributed by atoms with Crippen LogP contribution >= 0.6 is 0 Å². The molecular weight excluding hydrogens is 718 g/mol. The van der Waals surface area contributed by atoms with Crippen molar-refractivity contribution in [1.29, 1.82) is 0 Å². The number of rotatable bonds is 9. The van der Waals surface area contributed by atoms with E-state index in [0.717, 1.165) is 17.7 Å². The van der Waals surface area contributed by atoms with Crippen LogP contribution in [0.15, 0.2) is 41.5 Å². The molecule has 3 fully saturated rings. The normalized spacial score (nSPS) is 24.8. The molecule has 6 atom stereocenters. The summed E-state index contributed by atoms with van der Waals surface area (Å²) in [5.41, 5.74) is 1.87. The molecular formula is C39H52F2N6O8. The van der Waals surface area contributed by atoms with Gasteiger partial charge in [-0.1, -0.05) is 17.2 Å². The van der Waals surface area contributed by atoms with E-state index in [1.54, 1.807) is 6.92 Å². The lowest BCUT2D eigenvalue weighted by atomic mass is 10.0. The van der Waals surface area contributed by atoms with Crippen molar-refractivity contribution < 1.29 is 47.1 Å². The lowest BCUT2D eigenvalue weighted by Crippen LogP contribution is -2.60. The molecule has 3 heterocycles. The second kappa shape index (κ2) is 18.9. The number of carbonyl (C=O) groups excluding carboxylic acids is 7. The van der Waals surface area contributed by atoms with Crippen molar-refractivity contribution in [2.45, 2.75) is 116 Å². The summed E-state index contributed by atoms with van der Waals surface area (Å²) >= 11 is 0. The smallest absolute Gasteiger partial charge is 0.328 e. The number of fused-ring (bicyclic) bond motifs is 2. The lowest BCUT2D eigenvalue weighted by Gasteiger charge is -2.34. The molecule has 1 aromatic rings. The molecule has 0 aromatic heterocycles. The molecule has 1 aromatic carbocycles. The third-order valence-electron chi connectivity index (χ3n) is 10.1. The molecule has 0 bridgehead atoms. The number of esters is 1. The van der Waals surface area contributed by atoms with Crippen LogP contribution in [0.2, 0.25) is 0 Å².